The van der Waals surface area contributed by atoms with Crippen LogP contribution < -0.4 is 0 Å². The number of carbonyl (C=O) groups is 1. The molecule has 2 saturated carbocycles. The Hall–Kier alpha value is -0.950. The summed E-state index contributed by atoms with van der Waals surface area (Å²) in [6, 6.07) is 0. The lowest BCUT2D eigenvalue weighted by Gasteiger charge is -2.69. The van der Waals surface area contributed by atoms with Gasteiger partial charge in [-0.25, -0.2) is 0 Å². The van der Waals surface area contributed by atoms with Gasteiger partial charge >= 0.3 is 0 Å². The predicted octanol–water partition coefficient (Wildman–Crippen LogP) is 1.48. The molecule has 1 saturated heterocycles. The SMILES string of the molecule is COC1=C[C@@H](C)[C@@H]2C[C@H]3OC(O)C[C@H]4[C@@H](C)[C@H](O)[C@@H](O)[C@H]([C@@]2(C)C1=O)[C@@]34C. The van der Waals surface area contributed by atoms with Crippen LogP contribution in [0, 0.1) is 40.4 Å². The van der Waals surface area contributed by atoms with E-state index in [2.05, 4.69) is 13.8 Å². The first-order valence-corrected chi connectivity index (χ1v) is 10.1. The second-order valence-corrected chi connectivity index (χ2v) is 9.65. The molecule has 1 aliphatic heterocycles. The standard InChI is InChI=1S/C21H32O6/c1-9-6-13(26-5)19(25)21(4)11(9)7-14-20(3)12(8-15(22)27-14)10(2)16(23)17(24)18(20)21/h6,9-12,14-18,22-24H,7-8H2,1-5H3/t9-,10-,11+,12+,14-,15?,16+,17-,18+,20-,21+/m1/s1. The summed E-state index contributed by atoms with van der Waals surface area (Å²) < 4.78 is 11.4. The molecule has 4 rings (SSSR count). The van der Waals surface area contributed by atoms with Crippen LogP contribution >= 0.6 is 0 Å². The molecule has 1 unspecified atom stereocenters. The Morgan fingerprint density at radius 1 is 1.11 bits per heavy atom. The van der Waals surface area contributed by atoms with E-state index in [9.17, 15) is 20.1 Å². The van der Waals surface area contributed by atoms with Gasteiger partial charge < -0.3 is 24.8 Å². The van der Waals surface area contributed by atoms with Crippen molar-refractivity contribution in [2.45, 2.75) is 65.1 Å². The van der Waals surface area contributed by atoms with E-state index in [-0.39, 0.29) is 35.6 Å². The van der Waals surface area contributed by atoms with Crippen LogP contribution in [0.5, 0.6) is 0 Å². The summed E-state index contributed by atoms with van der Waals surface area (Å²) in [6.07, 6.45) is -0.173. The summed E-state index contributed by atoms with van der Waals surface area (Å²) in [5.41, 5.74) is -1.36. The molecule has 6 heteroatoms. The summed E-state index contributed by atoms with van der Waals surface area (Å²) in [7, 11) is 1.50. The van der Waals surface area contributed by atoms with E-state index in [1.54, 1.807) is 0 Å². The zero-order valence-electron chi connectivity index (χ0n) is 16.8. The maximum atomic E-state index is 13.5. The molecule has 0 aromatic rings. The third kappa shape index (κ3) is 2.24. The minimum absolute atomic E-state index is 0.0348. The van der Waals surface area contributed by atoms with Crippen LogP contribution in [-0.2, 0) is 14.3 Å². The van der Waals surface area contributed by atoms with Crippen molar-refractivity contribution in [2.24, 2.45) is 40.4 Å². The fourth-order valence-electron chi connectivity index (χ4n) is 7.37. The highest BCUT2D eigenvalue weighted by Gasteiger charge is 2.72. The number of hydrogen-bond acceptors (Lipinski definition) is 6. The van der Waals surface area contributed by atoms with Gasteiger partial charge in [0.05, 0.1) is 25.4 Å². The van der Waals surface area contributed by atoms with E-state index >= 15 is 0 Å². The van der Waals surface area contributed by atoms with Crippen molar-refractivity contribution in [1.82, 2.24) is 0 Å². The molecule has 27 heavy (non-hydrogen) atoms. The fraction of sp³-hybridized carbons (Fsp3) is 0.857. The first kappa shape index (κ1) is 19.4. The molecule has 0 bridgehead atoms. The van der Waals surface area contributed by atoms with Crippen molar-refractivity contribution in [1.29, 1.82) is 0 Å². The molecule has 0 amide bonds. The zero-order chi connectivity index (χ0) is 19.9. The predicted molar refractivity (Wildman–Crippen MR) is 97.2 cm³/mol. The number of aliphatic hydroxyl groups excluding tert-OH is 3. The molecular weight excluding hydrogens is 348 g/mol. The van der Waals surface area contributed by atoms with Crippen LogP contribution in [-0.4, -0.2) is 52.8 Å². The molecule has 1 heterocycles. The van der Waals surface area contributed by atoms with Crippen LogP contribution in [0.15, 0.2) is 11.8 Å². The molecule has 152 valence electrons. The fourth-order valence-corrected chi connectivity index (χ4v) is 7.37. The molecule has 0 aromatic heterocycles. The largest absolute Gasteiger partial charge is 0.493 e. The van der Waals surface area contributed by atoms with Crippen LogP contribution in [0.4, 0.5) is 0 Å². The number of fused-ring (bicyclic) bond motifs is 2. The number of ketones is 1. The number of ether oxygens (including phenoxy) is 2. The van der Waals surface area contributed by atoms with Gasteiger partial charge in [-0.05, 0) is 36.2 Å². The van der Waals surface area contributed by atoms with Crippen molar-refractivity contribution in [2.75, 3.05) is 7.11 Å². The van der Waals surface area contributed by atoms with Crippen LogP contribution in [0.1, 0.15) is 40.5 Å². The number of aliphatic hydroxyl groups is 3. The summed E-state index contributed by atoms with van der Waals surface area (Å²) >= 11 is 0. The van der Waals surface area contributed by atoms with Gasteiger partial charge in [-0.3, -0.25) is 4.79 Å². The molecule has 0 spiro atoms. The molecule has 3 aliphatic carbocycles. The van der Waals surface area contributed by atoms with E-state index in [0.717, 1.165) is 0 Å². The molecular formula is C21H32O6. The molecule has 11 atom stereocenters. The van der Waals surface area contributed by atoms with Crippen LogP contribution in [0.2, 0.25) is 0 Å². The van der Waals surface area contributed by atoms with Crippen molar-refractivity contribution >= 4 is 5.78 Å². The normalized spacial score (nSPS) is 57.4. The summed E-state index contributed by atoms with van der Waals surface area (Å²) in [5.74, 6) is -0.416. The average Bonchev–Trinajstić information content (AvgIpc) is 2.61. The first-order valence-electron chi connectivity index (χ1n) is 10.1. The van der Waals surface area contributed by atoms with Crippen LogP contribution in [0.3, 0.4) is 0 Å². The smallest absolute Gasteiger partial charge is 0.203 e. The highest BCUT2D eigenvalue weighted by Crippen LogP contribution is 2.68. The zero-order valence-corrected chi connectivity index (χ0v) is 16.8. The van der Waals surface area contributed by atoms with E-state index in [1.165, 1.54) is 7.11 Å². The van der Waals surface area contributed by atoms with E-state index in [1.807, 2.05) is 19.9 Å². The Kier molecular flexibility index (Phi) is 4.32. The summed E-state index contributed by atoms with van der Waals surface area (Å²) in [6.45, 7) is 7.99. The van der Waals surface area contributed by atoms with Crippen molar-refractivity contribution < 1.29 is 29.6 Å². The van der Waals surface area contributed by atoms with Gasteiger partial charge in [0, 0.05) is 23.2 Å². The Balaban J connectivity index is 1.91. The summed E-state index contributed by atoms with van der Waals surface area (Å²) in [5, 5.41) is 32.4. The monoisotopic (exact) mass is 380 g/mol. The van der Waals surface area contributed by atoms with Gasteiger partial charge in [-0.1, -0.05) is 27.7 Å². The lowest BCUT2D eigenvalue weighted by molar-refractivity contribution is -0.325. The van der Waals surface area contributed by atoms with Gasteiger partial charge in [0.25, 0.3) is 0 Å². The minimum atomic E-state index is -1.03. The third-order valence-corrected chi connectivity index (χ3v) is 8.67. The number of rotatable bonds is 1. The molecule has 0 aromatic carbocycles. The Morgan fingerprint density at radius 2 is 1.78 bits per heavy atom. The number of carbonyl (C=O) groups excluding carboxylic acids is 1. The third-order valence-electron chi connectivity index (χ3n) is 8.67. The van der Waals surface area contributed by atoms with Gasteiger partial charge in [0.2, 0.25) is 5.78 Å². The van der Waals surface area contributed by atoms with Gasteiger partial charge in [-0.15, -0.1) is 0 Å². The number of allylic oxidation sites excluding steroid dienone is 2. The van der Waals surface area contributed by atoms with Crippen molar-refractivity contribution in [3.05, 3.63) is 11.8 Å². The Labute approximate surface area is 160 Å². The molecule has 0 radical (unpaired) electrons. The maximum Gasteiger partial charge on any atom is 0.203 e. The highest BCUT2D eigenvalue weighted by atomic mass is 16.6. The maximum absolute atomic E-state index is 13.5. The summed E-state index contributed by atoms with van der Waals surface area (Å²) in [4.78, 5) is 13.5. The lowest BCUT2D eigenvalue weighted by Crippen LogP contribution is -2.73. The van der Waals surface area contributed by atoms with Crippen molar-refractivity contribution in [3.8, 4) is 0 Å². The Morgan fingerprint density at radius 3 is 2.41 bits per heavy atom. The number of methoxy groups -OCH3 is 1. The molecule has 6 nitrogen and oxygen atoms in total. The first-order chi connectivity index (χ1) is 12.6. The lowest BCUT2D eigenvalue weighted by atomic mass is 9.38. The second kappa shape index (κ2) is 6.02. The molecule has 3 fully saturated rings. The quantitative estimate of drug-likeness (QED) is 0.638. The Bertz CT molecular complexity index is 676. The topological polar surface area (TPSA) is 96.2 Å². The van der Waals surface area contributed by atoms with E-state index < -0.39 is 35.2 Å². The van der Waals surface area contributed by atoms with E-state index in [4.69, 9.17) is 9.47 Å². The average molecular weight is 380 g/mol. The van der Waals surface area contributed by atoms with Crippen molar-refractivity contribution in [3.63, 3.8) is 0 Å². The van der Waals surface area contributed by atoms with Crippen LogP contribution in [0.25, 0.3) is 0 Å². The second-order valence-electron chi connectivity index (χ2n) is 9.65. The van der Waals surface area contributed by atoms with Gasteiger partial charge in [0.15, 0.2) is 12.0 Å². The van der Waals surface area contributed by atoms with E-state index in [0.29, 0.717) is 18.6 Å². The minimum Gasteiger partial charge on any atom is -0.493 e. The number of Topliss-reactive ketones (excluding diaryl/α,β-unsaturated/α-hetero) is 1. The van der Waals surface area contributed by atoms with Gasteiger partial charge in [0.1, 0.15) is 0 Å². The molecule has 4 aliphatic rings. The molecule has 3 N–H and O–H groups in total. The highest BCUT2D eigenvalue weighted by molar-refractivity contribution is 5.99. The van der Waals surface area contributed by atoms with Gasteiger partial charge in [-0.2, -0.15) is 0 Å². The number of hydrogen-bond donors (Lipinski definition) is 3.